The minimum Gasteiger partial charge on any atom is -0.504 e. The quantitative estimate of drug-likeness (QED) is 0.462. The summed E-state index contributed by atoms with van der Waals surface area (Å²) in [6.07, 6.45) is -0.559. The number of hydrogen-bond donors (Lipinski definition) is 3. The molecule has 0 bridgehead atoms. The van der Waals surface area contributed by atoms with Crippen LogP contribution in [0.4, 0.5) is 25.4 Å². The zero-order valence-corrected chi connectivity index (χ0v) is 22.0. The number of sulfonamides is 1. The second-order valence-electron chi connectivity index (χ2n) is 8.82. The van der Waals surface area contributed by atoms with Gasteiger partial charge in [0.15, 0.2) is 5.75 Å². The van der Waals surface area contributed by atoms with Crippen LogP contribution in [0.15, 0.2) is 35.2 Å². The summed E-state index contributed by atoms with van der Waals surface area (Å²) in [4.78, 5) is 25.4. The minimum absolute atomic E-state index is 0.0293. The molecule has 1 aliphatic rings. The van der Waals surface area contributed by atoms with Crippen molar-refractivity contribution < 1.29 is 32.2 Å². The fourth-order valence-electron chi connectivity index (χ4n) is 3.34. The molecule has 3 N–H and O–H groups in total. The number of nitrogens with one attached hydrogen (secondary N) is 2. The van der Waals surface area contributed by atoms with Crippen LogP contribution in [0.2, 0.25) is 10.0 Å². The number of ether oxygens (including phenoxy) is 1. The molecule has 10 nitrogen and oxygen atoms in total. The van der Waals surface area contributed by atoms with Gasteiger partial charge in [0.1, 0.15) is 16.3 Å². The van der Waals surface area contributed by atoms with Crippen LogP contribution >= 0.6 is 23.2 Å². The van der Waals surface area contributed by atoms with Crippen LogP contribution in [0.25, 0.3) is 0 Å². The van der Waals surface area contributed by atoms with E-state index < -0.39 is 44.2 Å². The molecule has 14 heteroatoms. The van der Waals surface area contributed by atoms with E-state index in [0.717, 1.165) is 10.4 Å². The summed E-state index contributed by atoms with van der Waals surface area (Å²) in [6.45, 7) is 5.20. The van der Waals surface area contributed by atoms with Crippen LogP contribution in [0.5, 0.6) is 5.75 Å². The monoisotopic (exact) mass is 562 g/mol. The zero-order valence-electron chi connectivity index (χ0n) is 19.6. The molecule has 36 heavy (non-hydrogen) atoms. The van der Waals surface area contributed by atoms with Crippen LogP contribution in [0.3, 0.4) is 0 Å². The van der Waals surface area contributed by atoms with Gasteiger partial charge in [0.05, 0.1) is 21.4 Å². The first-order chi connectivity index (χ1) is 16.7. The molecule has 3 rings (SSSR count). The van der Waals surface area contributed by atoms with Gasteiger partial charge < -0.3 is 25.4 Å². The zero-order chi connectivity index (χ0) is 26.8. The van der Waals surface area contributed by atoms with Gasteiger partial charge in [-0.2, -0.15) is 4.31 Å². The Morgan fingerprint density at radius 1 is 1.03 bits per heavy atom. The number of phenolic OH excluding ortho intramolecular Hbond substituents is 1. The molecule has 0 aliphatic carbocycles. The number of carbonyl (C=O) groups excluding carboxylic acids is 2. The Hall–Kier alpha value is -2.80. The molecule has 2 aromatic carbocycles. The lowest BCUT2D eigenvalue weighted by Gasteiger charge is -2.35. The van der Waals surface area contributed by atoms with E-state index in [1.54, 1.807) is 20.8 Å². The lowest BCUT2D eigenvalue weighted by atomic mass is 10.2. The predicted molar refractivity (Wildman–Crippen MR) is 134 cm³/mol. The number of nitrogens with zero attached hydrogens (tertiary/aromatic N) is 2. The molecule has 1 aliphatic heterocycles. The summed E-state index contributed by atoms with van der Waals surface area (Å²) in [5, 5.41) is 14.8. The predicted octanol–water partition coefficient (Wildman–Crippen LogP) is 4.72. The maximum absolute atomic E-state index is 13.6. The van der Waals surface area contributed by atoms with E-state index in [1.807, 2.05) is 0 Å². The number of amides is 3. The lowest BCUT2D eigenvalue weighted by Crippen LogP contribution is -2.51. The molecule has 1 heterocycles. The normalized spacial score (nSPS) is 14.9. The fourth-order valence-corrected chi connectivity index (χ4v) is 5.52. The van der Waals surface area contributed by atoms with Crippen LogP contribution in [0, 0.1) is 5.82 Å². The number of phenols is 1. The summed E-state index contributed by atoms with van der Waals surface area (Å²) < 4.78 is 46.6. The second kappa shape index (κ2) is 10.7. The third kappa shape index (κ3) is 6.30. The highest BCUT2D eigenvalue weighted by atomic mass is 35.5. The highest BCUT2D eigenvalue weighted by Crippen LogP contribution is 2.39. The molecule has 0 atom stereocenters. The topological polar surface area (TPSA) is 128 Å². The van der Waals surface area contributed by atoms with Crippen molar-refractivity contribution in [1.29, 1.82) is 0 Å². The van der Waals surface area contributed by atoms with Gasteiger partial charge in [-0.05, 0) is 45.0 Å². The number of piperazine rings is 1. The highest BCUT2D eigenvalue weighted by molar-refractivity contribution is 7.89. The number of hydrogen-bond acceptors (Lipinski definition) is 6. The first-order valence-electron chi connectivity index (χ1n) is 10.7. The molecule has 1 saturated heterocycles. The van der Waals surface area contributed by atoms with Crippen molar-refractivity contribution in [2.45, 2.75) is 31.3 Å². The Morgan fingerprint density at radius 2 is 1.64 bits per heavy atom. The fraction of sp³-hybridized carbons (Fsp3) is 0.364. The van der Waals surface area contributed by atoms with E-state index in [-0.39, 0.29) is 47.6 Å². The summed E-state index contributed by atoms with van der Waals surface area (Å²) in [6, 6.07) is 5.32. The third-order valence-electron chi connectivity index (χ3n) is 5.02. The van der Waals surface area contributed by atoms with Gasteiger partial charge >= 0.3 is 12.1 Å². The van der Waals surface area contributed by atoms with Gasteiger partial charge in [0, 0.05) is 26.2 Å². The van der Waals surface area contributed by atoms with E-state index in [1.165, 1.54) is 29.2 Å². The van der Waals surface area contributed by atoms with Crippen LogP contribution in [-0.2, 0) is 14.8 Å². The van der Waals surface area contributed by atoms with Crippen LogP contribution in [0.1, 0.15) is 20.8 Å². The van der Waals surface area contributed by atoms with Crippen molar-refractivity contribution in [3.8, 4) is 5.75 Å². The van der Waals surface area contributed by atoms with Crippen molar-refractivity contribution in [1.82, 2.24) is 9.21 Å². The first-order valence-corrected chi connectivity index (χ1v) is 12.9. The van der Waals surface area contributed by atoms with Gasteiger partial charge in [-0.3, -0.25) is 0 Å². The van der Waals surface area contributed by atoms with Crippen molar-refractivity contribution in [2.24, 2.45) is 0 Å². The molecular formula is C22H25Cl2FN4O6S. The Balaban J connectivity index is 1.76. The molecule has 2 aromatic rings. The van der Waals surface area contributed by atoms with E-state index in [9.17, 15) is 27.5 Å². The van der Waals surface area contributed by atoms with Gasteiger partial charge in [-0.1, -0.05) is 29.3 Å². The maximum Gasteiger partial charge on any atom is 0.410 e. The molecule has 0 unspecified atom stereocenters. The first kappa shape index (κ1) is 27.8. The third-order valence-corrected chi connectivity index (χ3v) is 7.80. The minimum atomic E-state index is -4.31. The smallest absolute Gasteiger partial charge is 0.410 e. The van der Waals surface area contributed by atoms with Crippen LogP contribution in [-0.4, -0.2) is 66.6 Å². The molecule has 0 radical (unpaired) electrons. The van der Waals surface area contributed by atoms with Crippen molar-refractivity contribution in [3.05, 3.63) is 46.2 Å². The Bertz CT molecular complexity index is 1280. The Kier molecular flexibility index (Phi) is 8.23. The number of urea groups is 1. The number of rotatable bonds is 4. The molecule has 196 valence electrons. The average Bonchev–Trinajstić information content (AvgIpc) is 2.78. The van der Waals surface area contributed by atoms with Crippen LogP contribution < -0.4 is 10.6 Å². The number of anilines is 2. The number of benzene rings is 2. The Morgan fingerprint density at radius 3 is 2.25 bits per heavy atom. The van der Waals surface area contributed by atoms with Crippen molar-refractivity contribution in [2.75, 3.05) is 36.8 Å². The number of aromatic hydroxyl groups is 1. The lowest BCUT2D eigenvalue weighted by molar-refractivity contribution is 0.0192. The number of carbonyl (C=O) groups is 2. The summed E-state index contributed by atoms with van der Waals surface area (Å²) in [7, 11) is -4.31. The van der Waals surface area contributed by atoms with Gasteiger partial charge in [0.25, 0.3) is 0 Å². The average molecular weight is 563 g/mol. The van der Waals surface area contributed by atoms with Crippen molar-refractivity contribution >= 4 is 56.7 Å². The summed E-state index contributed by atoms with van der Waals surface area (Å²) >= 11 is 11.9. The molecule has 0 saturated carbocycles. The molecule has 1 fully saturated rings. The van der Waals surface area contributed by atoms with E-state index in [2.05, 4.69) is 10.6 Å². The second-order valence-corrected chi connectivity index (χ2v) is 11.5. The summed E-state index contributed by atoms with van der Waals surface area (Å²) in [5.74, 6) is -1.53. The van der Waals surface area contributed by atoms with E-state index >= 15 is 0 Å². The molecule has 3 amide bonds. The largest absolute Gasteiger partial charge is 0.504 e. The molecule has 0 spiro atoms. The maximum atomic E-state index is 13.6. The standard InChI is InChI=1S/C22H25Cl2FN4O6S/c1-22(2,3)35-21(32)28-9-11-29(12-10-28)36(33,34)19-13(23)7-8-16(18(19)30)27-20(31)26-15-6-4-5-14(25)17(15)24/h4-8,30H,9-12H2,1-3H3,(H2,26,27,31). The van der Waals surface area contributed by atoms with Gasteiger partial charge in [0.2, 0.25) is 10.0 Å². The van der Waals surface area contributed by atoms with Gasteiger partial charge in [-0.15, -0.1) is 0 Å². The van der Waals surface area contributed by atoms with Crippen molar-refractivity contribution in [3.63, 3.8) is 0 Å². The van der Waals surface area contributed by atoms with Gasteiger partial charge in [-0.25, -0.2) is 22.4 Å². The summed E-state index contributed by atoms with van der Waals surface area (Å²) in [5.41, 5.74) is -0.979. The number of halogens is 3. The molecular weight excluding hydrogens is 538 g/mol. The highest BCUT2D eigenvalue weighted by Gasteiger charge is 2.35. The Labute approximate surface area is 218 Å². The molecule has 0 aromatic heterocycles. The van der Waals surface area contributed by atoms with E-state index in [4.69, 9.17) is 27.9 Å². The SMILES string of the molecule is CC(C)(C)OC(=O)N1CCN(S(=O)(=O)c2c(Cl)ccc(NC(=O)Nc3cccc(F)c3Cl)c2O)CC1. The van der Waals surface area contributed by atoms with E-state index in [0.29, 0.717) is 0 Å².